The van der Waals surface area contributed by atoms with Crippen LogP contribution in [0, 0.1) is 0 Å². The molecule has 2 aromatic carbocycles. The van der Waals surface area contributed by atoms with Gasteiger partial charge in [0, 0.05) is 42.9 Å². The maximum Gasteiger partial charge on any atom is 0.259 e. The molecule has 3 heterocycles. The summed E-state index contributed by atoms with van der Waals surface area (Å²) in [5.41, 5.74) is 5.90. The number of benzene rings is 2. The Bertz CT molecular complexity index is 1030. The maximum absolute atomic E-state index is 13.1. The van der Waals surface area contributed by atoms with Gasteiger partial charge in [0.2, 0.25) is 0 Å². The predicted octanol–water partition coefficient (Wildman–Crippen LogP) is 4.63. The van der Waals surface area contributed by atoms with E-state index in [2.05, 4.69) is 45.5 Å². The highest BCUT2D eigenvalue weighted by atomic mass is 16.2. The highest BCUT2D eigenvalue weighted by molar-refractivity contribution is 6.07. The fourth-order valence-electron chi connectivity index (χ4n) is 4.23. The molecule has 2 aliphatic rings. The lowest BCUT2D eigenvalue weighted by molar-refractivity contribution is 0.0989. The number of hydrogen-bond acceptors (Lipinski definition) is 4. The van der Waals surface area contributed by atoms with Crippen LogP contribution in [0.4, 0.5) is 22.7 Å². The van der Waals surface area contributed by atoms with Crippen LogP contribution in [0.3, 0.4) is 0 Å². The molecule has 0 saturated carbocycles. The van der Waals surface area contributed by atoms with Gasteiger partial charge in [0.25, 0.3) is 5.91 Å². The third kappa shape index (κ3) is 3.56. The van der Waals surface area contributed by atoms with Crippen LogP contribution in [-0.4, -0.2) is 30.5 Å². The number of aromatic nitrogens is 1. The maximum atomic E-state index is 13.1. The Kier molecular flexibility index (Phi) is 4.64. The summed E-state index contributed by atoms with van der Waals surface area (Å²) in [5.74, 6) is -0.00418. The van der Waals surface area contributed by atoms with Gasteiger partial charge >= 0.3 is 0 Å². The molecule has 0 radical (unpaired) electrons. The van der Waals surface area contributed by atoms with Crippen molar-refractivity contribution in [3.63, 3.8) is 0 Å². The number of hydrogen-bond donors (Lipinski definition) is 1. The van der Waals surface area contributed by atoms with Crippen molar-refractivity contribution in [1.29, 1.82) is 0 Å². The first-order chi connectivity index (χ1) is 14.3. The van der Waals surface area contributed by atoms with Crippen LogP contribution in [-0.2, 0) is 6.42 Å². The third-order valence-corrected chi connectivity index (χ3v) is 5.74. The highest BCUT2D eigenvalue weighted by Gasteiger charge is 2.25. The van der Waals surface area contributed by atoms with Crippen LogP contribution in [0.2, 0.25) is 0 Å². The standard InChI is InChI=1S/C24H24N4O/c29-24(28-14-11-18-5-1-2-6-23(18)28)19-15-21(17-25-16-19)26-20-7-9-22(10-8-20)27-12-3-4-13-27/h1-2,5-10,15-17,26H,3-4,11-14H2. The van der Waals surface area contributed by atoms with E-state index in [1.807, 2.05) is 29.2 Å². The van der Waals surface area contributed by atoms with Crippen molar-refractivity contribution < 1.29 is 4.79 Å². The van der Waals surface area contributed by atoms with Crippen molar-refractivity contribution in [2.45, 2.75) is 19.3 Å². The number of amides is 1. The van der Waals surface area contributed by atoms with Gasteiger partial charge in [0.05, 0.1) is 17.4 Å². The van der Waals surface area contributed by atoms with Gasteiger partial charge in [-0.2, -0.15) is 0 Å². The molecular formula is C24H24N4O. The topological polar surface area (TPSA) is 48.5 Å². The van der Waals surface area contributed by atoms with Crippen molar-refractivity contribution in [2.75, 3.05) is 34.8 Å². The lowest BCUT2D eigenvalue weighted by Crippen LogP contribution is -2.29. The van der Waals surface area contributed by atoms with Crippen LogP contribution in [0.1, 0.15) is 28.8 Å². The van der Waals surface area contributed by atoms with Gasteiger partial charge in [-0.15, -0.1) is 0 Å². The number of nitrogens with one attached hydrogen (secondary N) is 1. The van der Waals surface area contributed by atoms with Gasteiger partial charge in [-0.25, -0.2) is 0 Å². The Morgan fingerprint density at radius 3 is 2.52 bits per heavy atom. The van der Waals surface area contributed by atoms with Crippen LogP contribution >= 0.6 is 0 Å². The van der Waals surface area contributed by atoms with Crippen molar-refractivity contribution in [1.82, 2.24) is 4.98 Å². The summed E-state index contributed by atoms with van der Waals surface area (Å²) in [6.07, 6.45) is 6.84. The fraction of sp³-hybridized carbons (Fsp3) is 0.250. The summed E-state index contributed by atoms with van der Waals surface area (Å²) in [7, 11) is 0. The first kappa shape index (κ1) is 17.7. The summed E-state index contributed by atoms with van der Waals surface area (Å²) < 4.78 is 0. The summed E-state index contributed by atoms with van der Waals surface area (Å²) >= 11 is 0. The van der Waals surface area contributed by atoms with Gasteiger partial charge in [-0.3, -0.25) is 9.78 Å². The highest BCUT2D eigenvalue weighted by Crippen LogP contribution is 2.29. The zero-order chi connectivity index (χ0) is 19.6. The molecule has 5 heteroatoms. The van der Waals surface area contributed by atoms with Gasteiger partial charge in [-0.05, 0) is 61.2 Å². The minimum absolute atomic E-state index is 0.00418. The molecule has 3 aromatic rings. The Balaban J connectivity index is 1.32. The molecule has 1 fully saturated rings. The van der Waals surface area contributed by atoms with Crippen molar-refractivity contribution in [3.05, 3.63) is 78.1 Å². The van der Waals surface area contributed by atoms with Gasteiger partial charge in [0.1, 0.15) is 0 Å². The summed E-state index contributed by atoms with van der Waals surface area (Å²) in [6, 6.07) is 18.4. The predicted molar refractivity (Wildman–Crippen MR) is 117 cm³/mol. The van der Waals surface area contributed by atoms with E-state index >= 15 is 0 Å². The zero-order valence-corrected chi connectivity index (χ0v) is 16.3. The molecule has 0 bridgehead atoms. The number of para-hydroxylation sites is 1. The monoisotopic (exact) mass is 384 g/mol. The quantitative estimate of drug-likeness (QED) is 0.713. The third-order valence-electron chi connectivity index (χ3n) is 5.74. The van der Waals surface area contributed by atoms with Crippen LogP contribution in [0.25, 0.3) is 0 Å². The van der Waals surface area contributed by atoms with E-state index in [1.54, 1.807) is 12.4 Å². The largest absolute Gasteiger partial charge is 0.372 e. The number of nitrogens with zero attached hydrogens (tertiary/aromatic N) is 3. The molecule has 0 unspecified atom stereocenters. The molecule has 5 rings (SSSR count). The first-order valence-corrected chi connectivity index (χ1v) is 10.2. The number of anilines is 4. The second-order valence-electron chi connectivity index (χ2n) is 7.66. The van der Waals surface area contributed by atoms with Crippen LogP contribution < -0.4 is 15.1 Å². The molecule has 5 nitrogen and oxygen atoms in total. The SMILES string of the molecule is O=C(c1cncc(Nc2ccc(N3CCCC3)cc2)c1)N1CCc2ccccc21. The van der Waals surface area contributed by atoms with Gasteiger partial charge in [-0.1, -0.05) is 18.2 Å². The van der Waals surface area contributed by atoms with E-state index in [0.29, 0.717) is 12.1 Å². The van der Waals surface area contributed by atoms with Crippen LogP contribution in [0.5, 0.6) is 0 Å². The number of carbonyl (C=O) groups excluding carboxylic acids is 1. The van der Waals surface area contributed by atoms with E-state index in [1.165, 1.54) is 24.1 Å². The number of pyridine rings is 1. The average molecular weight is 384 g/mol. The summed E-state index contributed by atoms with van der Waals surface area (Å²) in [4.78, 5) is 21.6. The lowest BCUT2D eigenvalue weighted by atomic mass is 10.2. The Morgan fingerprint density at radius 2 is 1.69 bits per heavy atom. The molecule has 29 heavy (non-hydrogen) atoms. The van der Waals surface area contributed by atoms with Crippen molar-refractivity contribution in [2.24, 2.45) is 0 Å². The number of carbonyl (C=O) groups is 1. The first-order valence-electron chi connectivity index (χ1n) is 10.2. The molecule has 0 atom stereocenters. The van der Waals surface area contributed by atoms with Gasteiger partial charge in [0.15, 0.2) is 0 Å². The molecule has 1 amide bonds. The molecule has 0 spiro atoms. The molecule has 1 saturated heterocycles. The van der Waals surface area contributed by atoms with Crippen molar-refractivity contribution >= 4 is 28.7 Å². The van der Waals surface area contributed by atoms with Crippen LogP contribution in [0.15, 0.2) is 67.0 Å². The fourth-order valence-corrected chi connectivity index (χ4v) is 4.23. The Labute approximate surface area is 171 Å². The van der Waals surface area contributed by atoms with E-state index in [-0.39, 0.29) is 5.91 Å². The molecule has 2 aliphatic heterocycles. The molecular weight excluding hydrogens is 360 g/mol. The normalized spacial score (nSPS) is 15.4. The molecule has 1 N–H and O–H groups in total. The number of fused-ring (bicyclic) bond motifs is 1. The summed E-state index contributed by atoms with van der Waals surface area (Å²) in [5, 5.41) is 3.37. The zero-order valence-electron chi connectivity index (χ0n) is 16.3. The molecule has 146 valence electrons. The average Bonchev–Trinajstić information content (AvgIpc) is 3.44. The lowest BCUT2D eigenvalue weighted by Gasteiger charge is -2.18. The van der Waals surface area contributed by atoms with Gasteiger partial charge < -0.3 is 15.1 Å². The summed E-state index contributed by atoms with van der Waals surface area (Å²) in [6.45, 7) is 2.99. The van der Waals surface area contributed by atoms with E-state index in [4.69, 9.17) is 0 Å². The van der Waals surface area contributed by atoms with E-state index < -0.39 is 0 Å². The second kappa shape index (κ2) is 7.59. The Hall–Kier alpha value is -3.34. The second-order valence-corrected chi connectivity index (χ2v) is 7.66. The molecule has 0 aliphatic carbocycles. The van der Waals surface area contributed by atoms with E-state index in [0.717, 1.165) is 36.6 Å². The number of rotatable bonds is 4. The molecule has 1 aromatic heterocycles. The minimum Gasteiger partial charge on any atom is -0.372 e. The Morgan fingerprint density at radius 1 is 0.897 bits per heavy atom. The van der Waals surface area contributed by atoms with E-state index in [9.17, 15) is 4.79 Å². The smallest absolute Gasteiger partial charge is 0.259 e. The minimum atomic E-state index is -0.00418. The van der Waals surface area contributed by atoms with Crippen molar-refractivity contribution in [3.8, 4) is 0 Å².